The maximum atomic E-state index is 12.8. The molecule has 1 saturated carbocycles. The highest BCUT2D eigenvalue weighted by atomic mass is 32.2. The summed E-state index contributed by atoms with van der Waals surface area (Å²) in [5.41, 5.74) is -0.746. The molecular weight excluding hydrogens is 390 g/mol. The van der Waals surface area contributed by atoms with E-state index >= 15 is 0 Å². The van der Waals surface area contributed by atoms with E-state index in [-0.39, 0.29) is 10.6 Å². The Bertz CT molecular complexity index is 1110. The van der Waals surface area contributed by atoms with E-state index < -0.39 is 27.4 Å². The zero-order chi connectivity index (χ0) is 19.2. The molecule has 2 aromatic heterocycles. The second-order valence-corrected chi connectivity index (χ2v) is 9.30. The van der Waals surface area contributed by atoms with Crippen LogP contribution in [0.4, 0.5) is 0 Å². The van der Waals surface area contributed by atoms with Gasteiger partial charge in [0.1, 0.15) is 9.75 Å². The van der Waals surface area contributed by atoms with Crippen molar-refractivity contribution in [3.05, 3.63) is 53.9 Å². The number of nitrogens with one attached hydrogen (secondary N) is 1. The number of hydrogen-bond acceptors (Lipinski definition) is 7. The van der Waals surface area contributed by atoms with Gasteiger partial charge >= 0.3 is 5.97 Å². The third kappa shape index (κ3) is 3.15. The van der Waals surface area contributed by atoms with E-state index in [4.69, 9.17) is 4.52 Å². The summed E-state index contributed by atoms with van der Waals surface area (Å²) in [6, 6.07) is 12.0. The lowest BCUT2D eigenvalue weighted by Gasteiger charge is -2.14. The van der Waals surface area contributed by atoms with E-state index in [1.54, 1.807) is 37.3 Å². The third-order valence-electron chi connectivity index (χ3n) is 4.46. The van der Waals surface area contributed by atoms with Gasteiger partial charge in [-0.2, -0.15) is 9.71 Å². The molecule has 1 aromatic carbocycles. The van der Waals surface area contributed by atoms with Gasteiger partial charge in [-0.15, -0.1) is 11.3 Å². The fourth-order valence-corrected chi connectivity index (χ4v) is 5.65. The van der Waals surface area contributed by atoms with Gasteiger partial charge < -0.3 is 9.63 Å². The lowest BCUT2D eigenvalue weighted by molar-refractivity contribution is -0.140. The van der Waals surface area contributed by atoms with E-state index in [1.165, 1.54) is 6.07 Å². The van der Waals surface area contributed by atoms with Crippen molar-refractivity contribution in [1.29, 1.82) is 0 Å². The van der Waals surface area contributed by atoms with Gasteiger partial charge in [-0.05, 0) is 24.1 Å². The number of carbonyl (C=O) groups is 1. The molecule has 0 radical (unpaired) electrons. The Hall–Kier alpha value is -2.56. The van der Waals surface area contributed by atoms with Gasteiger partial charge in [-0.3, -0.25) is 4.79 Å². The van der Waals surface area contributed by atoms with Gasteiger partial charge in [0.2, 0.25) is 11.7 Å². The molecule has 0 amide bonds. The summed E-state index contributed by atoms with van der Waals surface area (Å²) in [7, 11) is -4.02. The number of aryl methyl sites for hydroxylation is 1. The first-order valence-electron chi connectivity index (χ1n) is 8.05. The molecule has 140 valence electrons. The summed E-state index contributed by atoms with van der Waals surface area (Å²) in [4.78, 5) is 16.4. The van der Waals surface area contributed by atoms with Crippen molar-refractivity contribution in [3.63, 3.8) is 0 Å². The van der Waals surface area contributed by atoms with Crippen LogP contribution in [0.3, 0.4) is 0 Å². The van der Waals surface area contributed by atoms with Crippen LogP contribution in [0.25, 0.3) is 10.7 Å². The van der Waals surface area contributed by atoms with Gasteiger partial charge in [0.15, 0.2) is 0 Å². The fraction of sp³-hybridized carbons (Fsp3) is 0.235. The number of hydrogen-bond donors (Lipinski definition) is 2. The molecule has 4 rings (SSSR count). The zero-order valence-electron chi connectivity index (χ0n) is 14.1. The highest BCUT2D eigenvalue weighted by molar-refractivity contribution is 7.91. The predicted molar refractivity (Wildman–Crippen MR) is 96.8 cm³/mol. The van der Waals surface area contributed by atoms with Gasteiger partial charge in [-0.25, -0.2) is 8.42 Å². The first-order chi connectivity index (χ1) is 12.8. The Kier molecular flexibility index (Phi) is 4.13. The average molecular weight is 405 g/mol. The van der Waals surface area contributed by atoms with Crippen LogP contribution in [0.15, 0.2) is 51.2 Å². The molecule has 0 saturated heterocycles. The number of sulfonamides is 1. The number of carboxylic acid groups (broad SMARTS) is 1. The minimum absolute atomic E-state index is 0.000658. The average Bonchev–Trinajstić information content (AvgIpc) is 2.98. The molecule has 2 heterocycles. The van der Waals surface area contributed by atoms with Crippen LogP contribution in [0.1, 0.15) is 23.8 Å². The maximum Gasteiger partial charge on any atom is 0.325 e. The molecule has 2 N–H and O–H groups in total. The van der Waals surface area contributed by atoms with Crippen LogP contribution < -0.4 is 4.72 Å². The van der Waals surface area contributed by atoms with E-state index in [0.29, 0.717) is 16.6 Å². The van der Waals surface area contributed by atoms with Gasteiger partial charge in [0.25, 0.3) is 10.0 Å². The number of thiophene rings is 1. The summed E-state index contributed by atoms with van der Waals surface area (Å²) in [5.74, 6) is -0.939. The molecule has 1 unspecified atom stereocenters. The molecule has 10 heteroatoms. The van der Waals surface area contributed by atoms with Crippen molar-refractivity contribution in [2.45, 2.75) is 29.0 Å². The van der Waals surface area contributed by atoms with Crippen molar-refractivity contribution in [3.8, 4) is 10.7 Å². The van der Waals surface area contributed by atoms with Gasteiger partial charge in [0.05, 0.1) is 4.88 Å². The van der Waals surface area contributed by atoms with Crippen molar-refractivity contribution >= 4 is 27.3 Å². The molecule has 0 bridgehead atoms. The molecule has 2 atom stereocenters. The molecule has 27 heavy (non-hydrogen) atoms. The largest absolute Gasteiger partial charge is 0.480 e. The van der Waals surface area contributed by atoms with E-state index in [2.05, 4.69) is 14.9 Å². The normalized spacial score (nSPS) is 21.9. The van der Waals surface area contributed by atoms with Crippen LogP contribution in [0.2, 0.25) is 0 Å². The van der Waals surface area contributed by atoms with Crippen molar-refractivity contribution < 1.29 is 22.8 Å². The highest BCUT2D eigenvalue weighted by Gasteiger charge is 2.63. The monoisotopic (exact) mass is 405 g/mol. The quantitative estimate of drug-likeness (QED) is 0.645. The fourth-order valence-electron chi connectivity index (χ4n) is 3.02. The molecule has 0 aliphatic heterocycles. The summed E-state index contributed by atoms with van der Waals surface area (Å²) in [6.07, 6.45) is 0.202. The van der Waals surface area contributed by atoms with Gasteiger partial charge in [-0.1, -0.05) is 35.5 Å². The first-order valence-corrected chi connectivity index (χ1v) is 10.3. The number of nitrogens with zero attached hydrogens (tertiary/aromatic N) is 2. The molecule has 0 spiro atoms. The molecular formula is C17H15N3O5S2. The summed E-state index contributed by atoms with van der Waals surface area (Å²) < 4.78 is 32.9. The topological polar surface area (TPSA) is 122 Å². The predicted octanol–water partition coefficient (Wildman–Crippen LogP) is 2.40. The van der Waals surface area contributed by atoms with Crippen LogP contribution in [0.5, 0.6) is 0 Å². The Morgan fingerprint density at radius 1 is 1.30 bits per heavy atom. The lowest BCUT2D eigenvalue weighted by atomic mass is 10.1. The zero-order valence-corrected chi connectivity index (χ0v) is 15.8. The molecule has 1 aliphatic carbocycles. The summed E-state index contributed by atoms with van der Waals surface area (Å²) in [6.45, 7) is 1.64. The molecule has 3 aromatic rings. The Balaban J connectivity index is 1.61. The molecule has 8 nitrogen and oxygen atoms in total. The Labute approximate surface area is 158 Å². The van der Waals surface area contributed by atoms with Gasteiger partial charge in [0, 0.05) is 12.8 Å². The van der Waals surface area contributed by atoms with E-state index in [1.807, 2.05) is 6.07 Å². The summed E-state index contributed by atoms with van der Waals surface area (Å²) >= 11 is 0.955. The van der Waals surface area contributed by atoms with E-state index in [0.717, 1.165) is 16.9 Å². The standard InChI is InChI=1S/C17H15N3O5S2/c1-10-18-15(19-25-10)13-7-8-14(26-13)27(23,24)20-17(16(21)22)9-12(17)11-5-3-2-4-6-11/h2-8,12,20H,9H2,1H3,(H,21,22)/t12?,17-/m0/s1. The van der Waals surface area contributed by atoms with Crippen LogP contribution in [-0.2, 0) is 14.8 Å². The molecule has 1 fully saturated rings. The number of aliphatic carboxylic acids is 1. The van der Waals surface area contributed by atoms with Crippen molar-refractivity contribution in [2.75, 3.05) is 0 Å². The number of rotatable bonds is 6. The number of carboxylic acids is 1. The smallest absolute Gasteiger partial charge is 0.325 e. The number of aromatic nitrogens is 2. The second kappa shape index (κ2) is 6.25. The first kappa shape index (κ1) is 17.8. The minimum Gasteiger partial charge on any atom is -0.480 e. The van der Waals surface area contributed by atoms with Crippen LogP contribution in [0, 0.1) is 6.92 Å². The maximum absolute atomic E-state index is 12.8. The van der Waals surface area contributed by atoms with E-state index in [9.17, 15) is 18.3 Å². The summed E-state index contributed by atoms with van der Waals surface area (Å²) in [5, 5.41) is 13.4. The highest BCUT2D eigenvalue weighted by Crippen LogP contribution is 2.52. The number of benzene rings is 1. The van der Waals surface area contributed by atoms with Crippen molar-refractivity contribution in [2.24, 2.45) is 0 Å². The lowest BCUT2D eigenvalue weighted by Crippen LogP contribution is -2.44. The molecule has 1 aliphatic rings. The Morgan fingerprint density at radius 2 is 2.04 bits per heavy atom. The SMILES string of the molecule is Cc1nc(-c2ccc(S(=O)(=O)N[C@@]3(C(=O)O)CC3c3ccccc3)s2)no1. The van der Waals surface area contributed by atoms with Crippen LogP contribution in [-0.4, -0.2) is 35.2 Å². The second-order valence-electron chi connectivity index (χ2n) is 6.31. The minimum atomic E-state index is -4.02. The van der Waals surface area contributed by atoms with Crippen LogP contribution >= 0.6 is 11.3 Å². The third-order valence-corrected chi connectivity index (χ3v) is 7.54. The Morgan fingerprint density at radius 3 is 2.67 bits per heavy atom. The van der Waals surface area contributed by atoms with Crippen molar-refractivity contribution in [1.82, 2.24) is 14.9 Å².